The fraction of sp³-hybridized carbons (Fsp3) is 0.235. The normalized spacial score (nSPS) is 11.4. The summed E-state index contributed by atoms with van der Waals surface area (Å²) in [5.41, 5.74) is 1.61. The van der Waals surface area contributed by atoms with Crippen molar-refractivity contribution in [2.75, 3.05) is 0 Å². The monoisotopic (exact) mass is 324 g/mol. The maximum absolute atomic E-state index is 12.5. The zero-order valence-corrected chi connectivity index (χ0v) is 12.6. The summed E-state index contributed by atoms with van der Waals surface area (Å²) >= 11 is 0. The molecule has 0 aliphatic heterocycles. The van der Waals surface area contributed by atoms with Crippen LogP contribution in [0.4, 0.5) is 13.2 Å². The van der Waals surface area contributed by atoms with Gasteiger partial charge in [0.15, 0.2) is 17.8 Å². The Morgan fingerprint density at radius 1 is 1.04 bits per heavy atom. The number of aldehydes is 1. The van der Waals surface area contributed by atoms with Crippen molar-refractivity contribution in [1.82, 2.24) is 0 Å². The lowest BCUT2D eigenvalue weighted by atomic mass is 10.00. The highest BCUT2D eigenvalue weighted by Gasteiger charge is 2.32. The number of carbonyl (C=O) groups is 1. The SMILES string of the molecule is CC(C)Oc1cc(-c2ccccc2C=O)ccc1OC(F)(F)F. The van der Waals surface area contributed by atoms with Crippen LogP contribution in [0, 0.1) is 0 Å². The largest absolute Gasteiger partial charge is 0.573 e. The molecule has 6 heteroatoms. The van der Waals surface area contributed by atoms with Crippen LogP contribution in [0.2, 0.25) is 0 Å². The maximum Gasteiger partial charge on any atom is 0.573 e. The van der Waals surface area contributed by atoms with Gasteiger partial charge in [0.1, 0.15) is 0 Å². The predicted molar refractivity (Wildman–Crippen MR) is 79.7 cm³/mol. The molecule has 0 radical (unpaired) electrons. The standard InChI is InChI=1S/C17H15F3O3/c1-11(2)22-16-9-12(7-8-15(16)23-17(18,19)20)14-6-4-3-5-13(14)10-21/h3-11H,1-2H3. The van der Waals surface area contributed by atoms with Crippen LogP contribution in [-0.4, -0.2) is 18.8 Å². The van der Waals surface area contributed by atoms with Gasteiger partial charge in [-0.3, -0.25) is 4.79 Å². The van der Waals surface area contributed by atoms with E-state index in [9.17, 15) is 18.0 Å². The van der Waals surface area contributed by atoms with Crippen molar-refractivity contribution in [3.63, 3.8) is 0 Å². The van der Waals surface area contributed by atoms with Gasteiger partial charge in [0.25, 0.3) is 0 Å². The number of hydrogen-bond donors (Lipinski definition) is 0. The molecule has 2 aromatic carbocycles. The van der Waals surface area contributed by atoms with E-state index in [1.54, 1.807) is 38.1 Å². The van der Waals surface area contributed by atoms with Crippen LogP contribution in [0.15, 0.2) is 42.5 Å². The quantitative estimate of drug-likeness (QED) is 0.737. The number of alkyl halides is 3. The van der Waals surface area contributed by atoms with Gasteiger partial charge in [-0.25, -0.2) is 0 Å². The molecule has 0 bridgehead atoms. The number of halogens is 3. The van der Waals surface area contributed by atoms with E-state index in [2.05, 4.69) is 4.74 Å². The van der Waals surface area contributed by atoms with Crippen LogP contribution >= 0.6 is 0 Å². The number of carbonyl (C=O) groups excluding carboxylic acids is 1. The number of ether oxygens (including phenoxy) is 2. The molecule has 0 aromatic heterocycles. The summed E-state index contributed by atoms with van der Waals surface area (Å²) in [6, 6.07) is 10.9. The fourth-order valence-electron chi connectivity index (χ4n) is 2.09. The van der Waals surface area contributed by atoms with Crippen molar-refractivity contribution in [3.05, 3.63) is 48.0 Å². The smallest absolute Gasteiger partial charge is 0.487 e. The van der Waals surface area contributed by atoms with Crippen LogP contribution in [0.25, 0.3) is 11.1 Å². The van der Waals surface area contributed by atoms with Gasteiger partial charge in [-0.15, -0.1) is 13.2 Å². The summed E-state index contributed by atoms with van der Waals surface area (Å²) in [6.07, 6.45) is -4.45. The molecule has 23 heavy (non-hydrogen) atoms. The Hall–Kier alpha value is -2.50. The van der Waals surface area contributed by atoms with Gasteiger partial charge in [0.2, 0.25) is 0 Å². The summed E-state index contributed by atoms with van der Waals surface area (Å²) in [5.74, 6) is -0.450. The minimum Gasteiger partial charge on any atom is -0.487 e. The zero-order chi connectivity index (χ0) is 17.0. The van der Waals surface area contributed by atoms with E-state index in [4.69, 9.17) is 4.74 Å². The lowest BCUT2D eigenvalue weighted by molar-refractivity contribution is -0.275. The molecule has 122 valence electrons. The van der Waals surface area contributed by atoms with E-state index in [0.717, 1.165) is 0 Å². The highest BCUT2D eigenvalue weighted by molar-refractivity contribution is 5.87. The highest BCUT2D eigenvalue weighted by Crippen LogP contribution is 2.37. The Labute approximate surface area is 131 Å². The first-order valence-corrected chi connectivity index (χ1v) is 6.91. The van der Waals surface area contributed by atoms with E-state index in [0.29, 0.717) is 23.0 Å². The second kappa shape index (κ2) is 6.73. The molecule has 0 spiro atoms. The van der Waals surface area contributed by atoms with Crippen molar-refractivity contribution < 1.29 is 27.4 Å². The molecule has 2 aromatic rings. The molecule has 0 atom stereocenters. The van der Waals surface area contributed by atoms with Crippen molar-refractivity contribution in [2.24, 2.45) is 0 Å². The van der Waals surface area contributed by atoms with Gasteiger partial charge in [0.05, 0.1) is 6.10 Å². The Morgan fingerprint density at radius 3 is 2.35 bits per heavy atom. The van der Waals surface area contributed by atoms with E-state index in [1.165, 1.54) is 18.2 Å². The van der Waals surface area contributed by atoms with Crippen LogP contribution in [0.1, 0.15) is 24.2 Å². The fourth-order valence-corrected chi connectivity index (χ4v) is 2.09. The molecule has 0 fully saturated rings. The molecule has 0 saturated heterocycles. The third-order valence-corrected chi connectivity index (χ3v) is 2.93. The van der Waals surface area contributed by atoms with Crippen molar-refractivity contribution in [2.45, 2.75) is 26.3 Å². The summed E-state index contributed by atoms with van der Waals surface area (Å²) in [7, 11) is 0. The minimum atomic E-state index is -4.81. The molecule has 0 aliphatic rings. The van der Waals surface area contributed by atoms with Crippen LogP contribution < -0.4 is 9.47 Å². The van der Waals surface area contributed by atoms with Gasteiger partial charge in [-0.1, -0.05) is 30.3 Å². The first-order chi connectivity index (χ1) is 10.8. The molecule has 0 unspecified atom stereocenters. The van der Waals surface area contributed by atoms with Crippen molar-refractivity contribution >= 4 is 6.29 Å². The van der Waals surface area contributed by atoms with Crippen molar-refractivity contribution in [3.8, 4) is 22.6 Å². The Balaban J connectivity index is 2.49. The van der Waals surface area contributed by atoms with Gasteiger partial charge in [0, 0.05) is 5.56 Å². The zero-order valence-electron chi connectivity index (χ0n) is 12.6. The molecular formula is C17H15F3O3. The van der Waals surface area contributed by atoms with Gasteiger partial charge >= 0.3 is 6.36 Å². The van der Waals surface area contributed by atoms with E-state index in [-0.39, 0.29) is 11.9 Å². The summed E-state index contributed by atoms with van der Waals surface area (Å²) < 4.78 is 46.8. The van der Waals surface area contributed by atoms with Crippen LogP contribution in [0.5, 0.6) is 11.5 Å². The Bertz CT molecular complexity index is 694. The molecule has 3 nitrogen and oxygen atoms in total. The average molecular weight is 324 g/mol. The lowest BCUT2D eigenvalue weighted by Crippen LogP contribution is -2.18. The molecule has 0 heterocycles. The molecule has 0 aliphatic carbocycles. The molecule has 0 saturated carbocycles. The van der Waals surface area contributed by atoms with Gasteiger partial charge in [-0.05, 0) is 37.1 Å². The van der Waals surface area contributed by atoms with E-state index >= 15 is 0 Å². The first-order valence-electron chi connectivity index (χ1n) is 6.91. The third-order valence-electron chi connectivity index (χ3n) is 2.93. The Morgan fingerprint density at radius 2 is 1.74 bits per heavy atom. The van der Waals surface area contributed by atoms with Gasteiger partial charge < -0.3 is 9.47 Å². The lowest BCUT2D eigenvalue weighted by Gasteiger charge is -2.17. The minimum absolute atomic E-state index is 0.0319. The first kappa shape index (κ1) is 16.9. The second-order valence-electron chi connectivity index (χ2n) is 5.08. The number of hydrogen-bond acceptors (Lipinski definition) is 3. The molecule has 0 amide bonds. The van der Waals surface area contributed by atoms with E-state index in [1.807, 2.05) is 0 Å². The summed E-state index contributed by atoms with van der Waals surface area (Å²) in [5, 5.41) is 0. The molecule has 2 rings (SSSR count). The summed E-state index contributed by atoms with van der Waals surface area (Å²) in [6.45, 7) is 3.40. The number of rotatable bonds is 5. The van der Waals surface area contributed by atoms with Crippen LogP contribution in [0.3, 0.4) is 0 Å². The second-order valence-corrected chi connectivity index (χ2v) is 5.08. The van der Waals surface area contributed by atoms with Crippen LogP contribution in [-0.2, 0) is 0 Å². The molecular weight excluding hydrogens is 309 g/mol. The van der Waals surface area contributed by atoms with Crippen molar-refractivity contribution in [1.29, 1.82) is 0 Å². The highest BCUT2D eigenvalue weighted by atomic mass is 19.4. The Kier molecular flexibility index (Phi) is 4.93. The predicted octanol–water partition coefficient (Wildman–Crippen LogP) is 4.85. The topological polar surface area (TPSA) is 35.5 Å². The maximum atomic E-state index is 12.5. The summed E-state index contributed by atoms with van der Waals surface area (Å²) in [4.78, 5) is 11.1. The number of benzene rings is 2. The molecule has 0 N–H and O–H groups in total. The van der Waals surface area contributed by atoms with E-state index < -0.39 is 12.1 Å². The average Bonchev–Trinajstić information content (AvgIpc) is 2.47. The third kappa shape index (κ3) is 4.48. The van der Waals surface area contributed by atoms with Gasteiger partial charge in [-0.2, -0.15) is 0 Å².